The van der Waals surface area contributed by atoms with Crippen LogP contribution >= 0.6 is 11.8 Å². The van der Waals surface area contributed by atoms with E-state index in [0.717, 1.165) is 12.2 Å². The second kappa shape index (κ2) is 5.55. The molecule has 3 nitrogen and oxygen atoms in total. The molecular formula is C15H20N2OS. The van der Waals surface area contributed by atoms with E-state index in [0.29, 0.717) is 12.5 Å². The first-order valence-electron chi connectivity index (χ1n) is 6.99. The predicted octanol–water partition coefficient (Wildman–Crippen LogP) is 1.87. The van der Waals surface area contributed by atoms with E-state index >= 15 is 0 Å². The van der Waals surface area contributed by atoms with Crippen molar-refractivity contribution in [3.05, 3.63) is 35.4 Å². The third-order valence-electron chi connectivity index (χ3n) is 4.00. The Labute approximate surface area is 118 Å². The van der Waals surface area contributed by atoms with E-state index in [1.807, 2.05) is 6.07 Å². The summed E-state index contributed by atoms with van der Waals surface area (Å²) in [6.45, 7) is 0.551. The minimum atomic E-state index is -0.0576. The number of nitrogens with two attached hydrogens (primary N) is 1. The van der Waals surface area contributed by atoms with Crippen LogP contribution in [0.4, 0.5) is 0 Å². The summed E-state index contributed by atoms with van der Waals surface area (Å²) in [6.07, 6.45) is 3.47. The van der Waals surface area contributed by atoms with E-state index < -0.39 is 0 Å². The Hall–Kier alpha value is -1.00. The van der Waals surface area contributed by atoms with Crippen LogP contribution in [0.5, 0.6) is 0 Å². The Morgan fingerprint density at radius 2 is 2.21 bits per heavy atom. The number of aryl methyl sites for hydroxylation is 1. The number of rotatable bonds is 4. The lowest BCUT2D eigenvalue weighted by Gasteiger charge is -2.26. The average Bonchev–Trinajstić information content (AvgIpc) is 3.28. The molecule has 1 amide bonds. The van der Waals surface area contributed by atoms with Crippen LogP contribution in [0.3, 0.4) is 0 Å². The molecule has 1 heterocycles. The molecule has 1 saturated carbocycles. The molecule has 19 heavy (non-hydrogen) atoms. The summed E-state index contributed by atoms with van der Waals surface area (Å²) in [5.74, 6) is 1.77. The topological polar surface area (TPSA) is 55.1 Å². The van der Waals surface area contributed by atoms with E-state index in [1.165, 1.54) is 24.0 Å². The number of amides is 1. The highest BCUT2D eigenvalue weighted by atomic mass is 32.2. The highest BCUT2D eigenvalue weighted by Gasteiger charge is 2.34. The van der Waals surface area contributed by atoms with Crippen molar-refractivity contribution < 1.29 is 4.79 Å². The molecule has 1 aromatic rings. The standard InChI is InChI=1S/C15H20N2OS/c16-9-13(11-5-6-11)17-15(18)14-12-4-2-1-3-10(12)7-8-19-14/h1-4,11,13-14H,5-9,16H2,(H,17,18). The largest absolute Gasteiger partial charge is 0.351 e. The molecule has 1 aliphatic carbocycles. The molecule has 2 aliphatic rings. The van der Waals surface area contributed by atoms with Crippen LogP contribution < -0.4 is 11.1 Å². The van der Waals surface area contributed by atoms with Crippen LogP contribution in [0, 0.1) is 5.92 Å². The summed E-state index contributed by atoms with van der Waals surface area (Å²) < 4.78 is 0. The first-order chi connectivity index (χ1) is 9.29. The number of carbonyl (C=O) groups excluding carboxylic acids is 1. The van der Waals surface area contributed by atoms with Crippen molar-refractivity contribution in [3.63, 3.8) is 0 Å². The lowest BCUT2D eigenvalue weighted by atomic mass is 10.0. The summed E-state index contributed by atoms with van der Waals surface area (Å²) in [6, 6.07) is 8.46. The number of thioether (sulfide) groups is 1. The molecule has 1 fully saturated rings. The summed E-state index contributed by atoms with van der Waals surface area (Å²) >= 11 is 1.75. The van der Waals surface area contributed by atoms with Gasteiger partial charge in [-0.05, 0) is 42.1 Å². The lowest BCUT2D eigenvalue weighted by molar-refractivity contribution is -0.121. The monoisotopic (exact) mass is 276 g/mol. The van der Waals surface area contributed by atoms with Crippen LogP contribution in [-0.4, -0.2) is 24.2 Å². The van der Waals surface area contributed by atoms with Crippen LogP contribution in [0.25, 0.3) is 0 Å². The Morgan fingerprint density at radius 1 is 1.42 bits per heavy atom. The molecule has 2 unspecified atom stereocenters. The van der Waals surface area contributed by atoms with Gasteiger partial charge in [0.15, 0.2) is 0 Å². The molecule has 3 N–H and O–H groups in total. The van der Waals surface area contributed by atoms with E-state index in [1.54, 1.807) is 11.8 Å². The van der Waals surface area contributed by atoms with Gasteiger partial charge in [0, 0.05) is 12.6 Å². The molecule has 1 aromatic carbocycles. The van der Waals surface area contributed by atoms with Gasteiger partial charge in [-0.2, -0.15) is 0 Å². The molecule has 0 radical (unpaired) electrons. The van der Waals surface area contributed by atoms with Gasteiger partial charge in [-0.1, -0.05) is 24.3 Å². The first kappa shape index (κ1) is 13.0. The average molecular weight is 276 g/mol. The van der Waals surface area contributed by atoms with Crippen molar-refractivity contribution >= 4 is 17.7 Å². The zero-order valence-electron chi connectivity index (χ0n) is 11.0. The van der Waals surface area contributed by atoms with Crippen molar-refractivity contribution in [2.75, 3.05) is 12.3 Å². The Morgan fingerprint density at radius 3 is 2.95 bits per heavy atom. The predicted molar refractivity (Wildman–Crippen MR) is 79.1 cm³/mol. The number of fused-ring (bicyclic) bond motifs is 1. The molecule has 0 spiro atoms. The normalized spacial score (nSPS) is 23.5. The maximum absolute atomic E-state index is 12.5. The van der Waals surface area contributed by atoms with Gasteiger partial charge in [-0.25, -0.2) is 0 Å². The summed E-state index contributed by atoms with van der Waals surface area (Å²) in [7, 11) is 0. The zero-order chi connectivity index (χ0) is 13.2. The Balaban J connectivity index is 1.73. The van der Waals surface area contributed by atoms with E-state index in [-0.39, 0.29) is 17.2 Å². The Kier molecular flexibility index (Phi) is 3.80. The van der Waals surface area contributed by atoms with Gasteiger partial charge in [-0.3, -0.25) is 4.79 Å². The van der Waals surface area contributed by atoms with Crippen molar-refractivity contribution in [3.8, 4) is 0 Å². The van der Waals surface area contributed by atoms with Gasteiger partial charge in [-0.15, -0.1) is 11.8 Å². The van der Waals surface area contributed by atoms with E-state index in [9.17, 15) is 4.79 Å². The minimum absolute atomic E-state index is 0.0576. The fourth-order valence-corrected chi connectivity index (χ4v) is 3.94. The lowest BCUT2D eigenvalue weighted by Crippen LogP contribution is -2.43. The second-order valence-electron chi connectivity index (χ2n) is 5.39. The quantitative estimate of drug-likeness (QED) is 0.882. The zero-order valence-corrected chi connectivity index (χ0v) is 11.8. The van der Waals surface area contributed by atoms with Gasteiger partial charge in [0.1, 0.15) is 5.25 Å². The second-order valence-corrected chi connectivity index (χ2v) is 6.60. The van der Waals surface area contributed by atoms with Crippen LogP contribution in [0.2, 0.25) is 0 Å². The highest BCUT2D eigenvalue weighted by Crippen LogP contribution is 2.38. The summed E-state index contributed by atoms with van der Waals surface area (Å²) in [5, 5.41) is 3.10. The molecule has 0 aromatic heterocycles. The molecule has 3 rings (SSSR count). The van der Waals surface area contributed by atoms with E-state index in [2.05, 4.69) is 23.5 Å². The van der Waals surface area contributed by atoms with Crippen LogP contribution in [0.1, 0.15) is 29.2 Å². The van der Waals surface area contributed by atoms with Crippen LogP contribution in [-0.2, 0) is 11.2 Å². The van der Waals surface area contributed by atoms with Gasteiger partial charge < -0.3 is 11.1 Å². The fourth-order valence-electron chi connectivity index (χ4n) is 2.74. The van der Waals surface area contributed by atoms with Crippen molar-refractivity contribution in [1.82, 2.24) is 5.32 Å². The van der Waals surface area contributed by atoms with Gasteiger partial charge in [0.2, 0.25) is 5.91 Å². The van der Waals surface area contributed by atoms with Gasteiger partial charge >= 0.3 is 0 Å². The number of nitrogens with one attached hydrogen (secondary N) is 1. The number of hydrogen-bond acceptors (Lipinski definition) is 3. The van der Waals surface area contributed by atoms with Crippen molar-refractivity contribution in [1.29, 1.82) is 0 Å². The highest BCUT2D eigenvalue weighted by molar-refractivity contribution is 8.00. The Bertz CT molecular complexity index is 473. The summed E-state index contributed by atoms with van der Waals surface area (Å²) in [5.41, 5.74) is 8.26. The molecule has 102 valence electrons. The number of carbonyl (C=O) groups is 1. The third-order valence-corrected chi connectivity index (χ3v) is 5.25. The molecule has 4 heteroatoms. The smallest absolute Gasteiger partial charge is 0.237 e. The molecule has 1 aliphatic heterocycles. The number of hydrogen-bond donors (Lipinski definition) is 2. The van der Waals surface area contributed by atoms with E-state index in [4.69, 9.17) is 5.73 Å². The van der Waals surface area contributed by atoms with Crippen molar-refractivity contribution in [2.45, 2.75) is 30.6 Å². The van der Waals surface area contributed by atoms with Gasteiger partial charge in [0.05, 0.1) is 0 Å². The fraction of sp³-hybridized carbons (Fsp3) is 0.533. The molecule has 0 bridgehead atoms. The first-order valence-corrected chi connectivity index (χ1v) is 8.04. The molecule has 2 atom stereocenters. The third kappa shape index (κ3) is 2.79. The van der Waals surface area contributed by atoms with Crippen molar-refractivity contribution in [2.24, 2.45) is 11.7 Å². The maximum atomic E-state index is 12.5. The summed E-state index contributed by atoms with van der Waals surface area (Å²) in [4.78, 5) is 12.5. The molecule has 0 saturated heterocycles. The number of benzene rings is 1. The van der Waals surface area contributed by atoms with Crippen LogP contribution in [0.15, 0.2) is 24.3 Å². The molecular weight excluding hydrogens is 256 g/mol. The van der Waals surface area contributed by atoms with Gasteiger partial charge in [0.25, 0.3) is 0 Å². The maximum Gasteiger partial charge on any atom is 0.237 e. The SMILES string of the molecule is NCC(NC(=O)C1SCCc2ccccc21)C1CC1. The minimum Gasteiger partial charge on any atom is -0.351 e.